The van der Waals surface area contributed by atoms with Gasteiger partial charge in [-0.15, -0.1) is 11.3 Å². The molecule has 2 N–H and O–H groups in total. The second-order valence-electron chi connectivity index (χ2n) is 5.76. The maximum atomic E-state index is 12.3. The lowest BCUT2D eigenvalue weighted by molar-refractivity contribution is -0.137. The molecule has 2 amide bonds. The number of rotatable bonds is 5. The van der Waals surface area contributed by atoms with Crippen molar-refractivity contribution in [3.63, 3.8) is 0 Å². The molecule has 4 nitrogen and oxygen atoms in total. The molecule has 1 saturated heterocycles. The Bertz CT molecular complexity index is 695. The number of hydrogen-bond acceptors (Lipinski definition) is 3. The van der Waals surface area contributed by atoms with E-state index in [1.165, 1.54) is 15.6 Å². The van der Waals surface area contributed by atoms with Gasteiger partial charge in [-0.1, -0.05) is 18.2 Å². The van der Waals surface area contributed by atoms with Gasteiger partial charge >= 0.3 is 0 Å². The van der Waals surface area contributed by atoms with Gasteiger partial charge in [0, 0.05) is 17.7 Å². The predicted molar refractivity (Wildman–Crippen MR) is 88.7 cm³/mol. The summed E-state index contributed by atoms with van der Waals surface area (Å²) in [4.78, 5) is 25.3. The fourth-order valence-corrected chi connectivity index (χ4v) is 4.16. The molecule has 1 aromatic carbocycles. The molecular weight excluding hydrogens is 296 g/mol. The van der Waals surface area contributed by atoms with Crippen LogP contribution in [-0.2, 0) is 16.0 Å². The van der Waals surface area contributed by atoms with Crippen LogP contribution < -0.4 is 5.73 Å². The van der Waals surface area contributed by atoms with Crippen LogP contribution in [0.2, 0.25) is 0 Å². The summed E-state index contributed by atoms with van der Waals surface area (Å²) in [5.41, 5.74) is 6.67. The SMILES string of the molecule is NC(=O)[C@@H]1CCCN1C(=O)CCCc1csc2ccccc12. The van der Waals surface area contributed by atoms with Crippen LogP contribution in [0.4, 0.5) is 0 Å². The molecule has 5 heteroatoms. The Hall–Kier alpha value is -1.88. The van der Waals surface area contributed by atoms with Crippen molar-refractivity contribution >= 4 is 33.2 Å². The molecule has 0 radical (unpaired) electrons. The molecule has 116 valence electrons. The van der Waals surface area contributed by atoms with Crippen LogP contribution in [-0.4, -0.2) is 29.3 Å². The second kappa shape index (κ2) is 6.48. The lowest BCUT2D eigenvalue weighted by Crippen LogP contribution is -2.43. The van der Waals surface area contributed by atoms with Crippen molar-refractivity contribution in [1.29, 1.82) is 0 Å². The summed E-state index contributed by atoms with van der Waals surface area (Å²) in [7, 11) is 0. The van der Waals surface area contributed by atoms with E-state index in [9.17, 15) is 9.59 Å². The van der Waals surface area contributed by atoms with Crippen LogP contribution in [0.5, 0.6) is 0 Å². The number of carbonyl (C=O) groups excluding carboxylic acids is 2. The first-order valence-corrected chi connectivity index (χ1v) is 8.58. The maximum Gasteiger partial charge on any atom is 0.240 e. The first-order valence-electron chi connectivity index (χ1n) is 7.70. The topological polar surface area (TPSA) is 63.4 Å². The third kappa shape index (κ3) is 2.99. The zero-order valence-electron chi connectivity index (χ0n) is 12.5. The Labute approximate surface area is 133 Å². The highest BCUT2D eigenvalue weighted by Crippen LogP contribution is 2.27. The van der Waals surface area contributed by atoms with Crippen LogP contribution in [0.1, 0.15) is 31.2 Å². The maximum absolute atomic E-state index is 12.3. The van der Waals surface area contributed by atoms with Crippen molar-refractivity contribution in [3.8, 4) is 0 Å². The number of aryl methyl sites for hydroxylation is 1. The molecule has 1 atom stereocenters. The van der Waals surface area contributed by atoms with Crippen molar-refractivity contribution in [2.45, 2.75) is 38.1 Å². The molecule has 0 unspecified atom stereocenters. The minimum atomic E-state index is -0.394. The van der Waals surface area contributed by atoms with E-state index in [4.69, 9.17) is 5.73 Å². The molecule has 0 spiro atoms. The molecule has 0 aliphatic carbocycles. The molecule has 2 heterocycles. The van der Waals surface area contributed by atoms with E-state index in [1.807, 2.05) is 12.1 Å². The highest BCUT2D eigenvalue weighted by Gasteiger charge is 2.31. The molecular formula is C17H20N2O2S. The zero-order chi connectivity index (χ0) is 15.5. The summed E-state index contributed by atoms with van der Waals surface area (Å²) in [6.45, 7) is 0.661. The van der Waals surface area contributed by atoms with Crippen molar-refractivity contribution in [2.75, 3.05) is 6.54 Å². The van der Waals surface area contributed by atoms with E-state index >= 15 is 0 Å². The quantitative estimate of drug-likeness (QED) is 0.922. The molecule has 2 aromatic rings. The van der Waals surface area contributed by atoms with Gasteiger partial charge in [-0.3, -0.25) is 9.59 Å². The standard InChI is InChI=1S/C17H20N2O2S/c18-17(21)14-7-4-10-19(14)16(20)9-3-5-12-11-22-15-8-2-1-6-13(12)15/h1-2,6,8,11,14H,3-5,7,9-10H2,(H2,18,21)/t14-/m0/s1. The van der Waals surface area contributed by atoms with Crippen LogP contribution in [0.25, 0.3) is 10.1 Å². The third-order valence-corrected chi connectivity index (χ3v) is 5.31. The van der Waals surface area contributed by atoms with Crippen LogP contribution in [0.3, 0.4) is 0 Å². The summed E-state index contributed by atoms with van der Waals surface area (Å²) >= 11 is 1.75. The fraction of sp³-hybridized carbons (Fsp3) is 0.412. The fourth-order valence-electron chi connectivity index (χ4n) is 3.16. The average Bonchev–Trinajstić information content (AvgIpc) is 3.14. The number of thiophene rings is 1. The number of nitrogens with zero attached hydrogens (tertiary/aromatic N) is 1. The third-order valence-electron chi connectivity index (χ3n) is 4.30. The number of nitrogens with two attached hydrogens (primary N) is 1. The van der Waals surface area contributed by atoms with Gasteiger partial charge in [-0.2, -0.15) is 0 Å². The first-order chi connectivity index (χ1) is 10.7. The van der Waals surface area contributed by atoms with Gasteiger partial charge in [-0.25, -0.2) is 0 Å². The largest absolute Gasteiger partial charge is 0.368 e. The lowest BCUT2D eigenvalue weighted by Gasteiger charge is -2.22. The smallest absolute Gasteiger partial charge is 0.240 e. The Morgan fingerprint density at radius 1 is 1.32 bits per heavy atom. The van der Waals surface area contributed by atoms with Crippen LogP contribution in [0.15, 0.2) is 29.6 Å². The monoisotopic (exact) mass is 316 g/mol. The molecule has 0 saturated carbocycles. The zero-order valence-corrected chi connectivity index (χ0v) is 13.3. The molecule has 1 aliphatic heterocycles. The van der Waals surface area contributed by atoms with E-state index in [-0.39, 0.29) is 11.8 Å². The predicted octanol–water partition coefficient (Wildman–Crippen LogP) is 2.70. The molecule has 22 heavy (non-hydrogen) atoms. The molecule has 0 bridgehead atoms. The number of carbonyl (C=O) groups is 2. The molecule has 3 rings (SSSR count). The molecule has 1 aliphatic rings. The minimum Gasteiger partial charge on any atom is -0.368 e. The Morgan fingerprint density at radius 2 is 2.14 bits per heavy atom. The van der Waals surface area contributed by atoms with Gasteiger partial charge in [0.15, 0.2) is 0 Å². The van der Waals surface area contributed by atoms with Gasteiger partial charge < -0.3 is 10.6 Å². The number of benzene rings is 1. The summed E-state index contributed by atoms with van der Waals surface area (Å²) in [6, 6.07) is 7.95. The minimum absolute atomic E-state index is 0.0563. The average molecular weight is 316 g/mol. The van der Waals surface area contributed by atoms with Gasteiger partial charge in [-0.05, 0) is 48.1 Å². The lowest BCUT2D eigenvalue weighted by atomic mass is 10.1. The summed E-state index contributed by atoms with van der Waals surface area (Å²) in [6.07, 6.45) is 3.76. The van der Waals surface area contributed by atoms with Crippen molar-refractivity contribution in [2.24, 2.45) is 5.73 Å². The Kier molecular flexibility index (Phi) is 4.43. The number of hydrogen-bond donors (Lipinski definition) is 1. The number of likely N-dealkylation sites (tertiary alicyclic amines) is 1. The number of amides is 2. The van der Waals surface area contributed by atoms with E-state index in [0.29, 0.717) is 19.4 Å². The van der Waals surface area contributed by atoms with E-state index in [0.717, 1.165) is 19.3 Å². The van der Waals surface area contributed by atoms with Crippen molar-refractivity contribution in [1.82, 2.24) is 4.90 Å². The highest BCUT2D eigenvalue weighted by atomic mass is 32.1. The second-order valence-corrected chi connectivity index (χ2v) is 6.67. The molecule has 1 fully saturated rings. The number of fused-ring (bicyclic) bond motifs is 1. The van der Waals surface area contributed by atoms with Gasteiger partial charge in [0.05, 0.1) is 0 Å². The summed E-state index contributed by atoms with van der Waals surface area (Å²) in [5.74, 6) is -0.324. The van der Waals surface area contributed by atoms with Crippen molar-refractivity contribution < 1.29 is 9.59 Å². The molecule has 1 aromatic heterocycles. The van der Waals surface area contributed by atoms with Crippen LogP contribution >= 0.6 is 11.3 Å². The number of primary amides is 1. The van der Waals surface area contributed by atoms with Crippen molar-refractivity contribution in [3.05, 3.63) is 35.2 Å². The van der Waals surface area contributed by atoms with Gasteiger partial charge in [0.1, 0.15) is 6.04 Å². The van der Waals surface area contributed by atoms with E-state index in [1.54, 1.807) is 16.2 Å². The normalized spacial score (nSPS) is 18.0. The van der Waals surface area contributed by atoms with E-state index in [2.05, 4.69) is 17.5 Å². The van der Waals surface area contributed by atoms with Gasteiger partial charge in [0.2, 0.25) is 11.8 Å². The summed E-state index contributed by atoms with van der Waals surface area (Å²) < 4.78 is 1.29. The Balaban J connectivity index is 1.57. The van der Waals surface area contributed by atoms with Gasteiger partial charge in [0.25, 0.3) is 0 Å². The summed E-state index contributed by atoms with van der Waals surface area (Å²) in [5, 5.41) is 3.47. The highest BCUT2D eigenvalue weighted by molar-refractivity contribution is 7.17. The van der Waals surface area contributed by atoms with E-state index < -0.39 is 6.04 Å². The van der Waals surface area contributed by atoms with Crippen LogP contribution in [0, 0.1) is 0 Å². The first kappa shape index (κ1) is 15.0. The Morgan fingerprint density at radius 3 is 2.95 bits per heavy atom.